The first-order chi connectivity index (χ1) is 31.0. The van der Waals surface area contributed by atoms with Crippen LogP contribution in [0.2, 0.25) is 0 Å². The quantitative estimate of drug-likeness (QED) is 0.0170. The van der Waals surface area contributed by atoms with Crippen molar-refractivity contribution in [1.29, 1.82) is 0 Å². The van der Waals surface area contributed by atoms with Crippen LogP contribution in [0, 0.1) is 13.8 Å². The Kier molecular flexibility index (Phi) is 20.1. The molecule has 4 aromatic carbocycles. The Bertz CT molecular complexity index is 2930. The van der Waals surface area contributed by atoms with Crippen LogP contribution < -0.4 is 85.3 Å². The van der Waals surface area contributed by atoms with Gasteiger partial charge in [-0.05, 0) is 60.9 Å². The second kappa shape index (κ2) is 24.5. The number of hydrogen-bond donors (Lipinski definition) is 7. The molecule has 0 aliphatic rings. The van der Waals surface area contributed by atoms with E-state index in [1.165, 1.54) is 28.0 Å². The molecule has 342 valence electrons. The maximum Gasteiger partial charge on any atom is 1.00 e. The van der Waals surface area contributed by atoms with Gasteiger partial charge in [-0.1, -0.05) is 60.7 Å². The molecule has 6 aromatic rings. The van der Waals surface area contributed by atoms with Gasteiger partial charge in [0.15, 0.2) is 11.6 Å². The number of nitrogens with two attached hydrogens (primary N) is 1. The van der Waals surface area contributed by atoms with Crippen molar-refractivity contribution < 1.29 is 105 Å². The van der Waals surface area contributed by atoms with Crippen molar-refractivity contribution in [1.82, 2.24) is 29.9 Å². The summed E-state index contributed by atoms with van der Waals surface area (Å²) in [5.74, 6) is -0.164. The molecule has 21 nitrogen and oxygen atoms in total. The predicted octanol–water partition coefficient (Wildman–Crippen LogP) is -3.35. The monoisotopic (exact) mass is 973 g/mol. The number of nitrogen functional groups attached to an aromatic ring is 1. The van der Waals surface area contributed by atoms with Gasteiger partial charge in [0.25, 0.3) is 0 Å². The molecule has 0 saturated carbocycles. The normalized spacial score (nSPS) is 11.5. The number of anilines is 7. The molecule has 67 heavy (non-hydrogen) atoms. The molecule has 0 amide bonds. The van der Waals surface area contributed by atoms with Gasteiger partial charge >= 0.3 is 59.1 Å². The predicted molar refractivity (Wildman–Crippen MR) is 241 cm³/mol. The Morgan fingerprint density at radius 3 is 1.45 bits per heavy atom. The minimum atomic E-state index is -5.32. The third-order valence-electron chi connectivity index (χ3n) is 9.75. The minimum absolute atomic E-state index is 0. The van der Waals surface area contributed by atoms with E-state index < -0.39 is 30.0 Å². The number of nitrogens with zero attached hydrogens (tertiary/aromatic N) is 8. The second-order valence-corrected chi connectivity index (χ2v) is 17.0. The first kappa shape index (κ1) is 54.9. The summed E-state index contributed by atoms with van der Waals surface area (Å²) in [5, 5.41) is 45.0. The fraction of sp³-hybridized carbons (Fsp3) is 0.238. The largest absolute Gasteiger partial charge is 1.00 e. The molecule has 0 radical (unpaired) electrons. The maximum atomic E-state index is 12.9. The van der Waals surface area contributed by atoms with Crippen molar-refractivity contribution in [3.05, 3.63) is 101 Å². The summed E-state index contributed by atoms with van der Waals surface area (Å²) in [6.45, 7) is 2.50. The summed E-state index contributed by atoms with van der Waals surface area (Å²) in [4.78, 5) is 28.1. The molecular formula is C42H45N11Na2O10S2. The summed E-state index contributed by atoms with van der Waals surface area (Å²) in [5.41, 5.74) is 8.57. The second-order valence-electron chi connectivity index (χ2n) is 14.3. The average Bonchev–Trinajstić information content (AvgIpc) is 3.26. The van der Waals surface area contributed by atoms with Crippen molar-refractivity contribution in [3.63, 3.8) is 0 Å². The number of benzene rings is 4. The summed E-state index contributed by atoms with van der Waals surface area (Å²) in [6.07, 6.45) is 2.19. The Morgan fingerprint density at radius 1 is 0.582 bits per heavy atom. The van der Waals surface area contributed by atoms with Gasteiger partial charge < -0.3 is 55.7 Å². The van der Waals surface area contributed by atoms with Crippen LogP contribution in [-0.4, -0.2) is 129 Å². The molecule has 25 heteroatoms. The van der Waals surface area contributed by atoms with Gasteiger partial charge in [-0.2, -0.15) is 29.9 Å². The molecule has 2 heterocycles. The molecule has 0 fully saturated rings. The molecule has 0 atom stereocenters. The zero-order valence-electron chi connectivity index (χ0n) is 37.0. The number of hydrogen-bond acceptors (Lipinski definition) is 21. The first-order valence-corrected chi connectivity index (χ1v) is 22.6. The van der Waals surface area contributed by atoms with Gasteiger partial charge in [0, 0.05) is 59.9 Å². The van der Waals surface area contributed by atoms with Crippen LogP contribution in [0.3, 0.4) is 0 Å². The first-order valence-electron chi connectivity index (χ1n) is 19.8. The molecule has 0 bridgehead atoms. The van der Waals surface area contributed by atoms with Crippen molar-refractivity contribution in [2.24, 2.45) is 0 Å². The average molecular weight is 974 g/mol. The Hall–Kier alpha value is -4.70. The number of aliphatic hydroxyl groups is 4. The van der Waals surface area contributed by atoms with E-state index in [9.17, 15) is 46.4 Å². The number of rotatable bonds is 20. The standard InChI is InChI=1S/C42H47N11O10S2.2Na/c1-26-7-3-5-9-33(26)44-39-46-37(48-41(50-39)52(15-19-54)16-20-55)29-12-11-28(35(24-29)64(58,59)60)13-14-31-32(43)23-30(25-36(31)65(61,62)63)38-47-40(45-34-10-6-4-8-27(34)2)51-42(49-38)53(17-21-56)18-22-57;;/h3-14,23-25,54-57H,15-22,43H2,1-2H3,(H,58,59,60)(H,61,62,63)(H,44,46,48,50)(H,45,47,49,51);;/q;2*+1/p-2. The van der Waals surface area contributed by atoms with Gasteiger partial charge in [0.1, 0.15) is 20.2 Å². The van der Waals surface area contributed by atoms with Crippen LogP contribution in [0.4, 0.5) is 40.9 Å². The molecule has 8 N–H and O–H groups in total. The van der Waals surface area contributed by atoms with E-state index in [0.717, 1.165) is 35.4 Å². The number of para-hydroxylation sites is 2. The van der Waals surface area contributed by atoms with Crippen LogP contribution in [0.25, 0.3) is 34.9 Å². The van der Waals surface area contributed by atoms with E-state index in [1.807, 2.05) is 38.1 Å². The third kappa shape index (κ3) is 14.2. The van der Waals surface area contributed by atoms with E-state index in [-0.39, 0.29) is 175 Å². The number of aryl methyl sites for hydroxylation is 2. The van der Waals surface area contributed by atoms with Gasteiger partial charge in [0.05, 0.1) is 36.2 Å². The van der Waals surface area contributed by atoms with Gasteiger partial charge in [-0.3, -0.25) is 0 Å². The smallest absolute Gasteiger partial charge is 0.744 e. The van der Waals surface area contributed by atoms with E-state index in [4.69, 9.17) is 5.73 Å². The van der Waals surface area contributed by atoms with Crippen molar-refractivity contribution in [2.45, 2.75) is 23.6 Å². The van der Waals surface area contributed by atoms with Gasteiger partial charge in [-0.25, -0.2) is 16.8 Å². The minimum Gasteiger partial charge on any atom is -0.744 e. The zero-order chi connectivity index (χ0) is 46.9. The summed E-state index contributed by atoms with van der Waals surface area (Å²) < 4.78 is 77.0. The molecule has 0 unspecified atom stereocenters. The van der Waals surface area contributed by atoms with Gasteiger partial charge in [0.2, 0.25) is 23.8 Å². The molecule has 0 aliphatic heterocycles. The van der Waals surface area contributed by atoms with Crippen molar-refractivity contribution in [3.8, 4) is 22.8 Å². The Morgan fingerprint density at radius 2 is 1.01 bits per heavy atom. The van der Waals surface area contributed by atoms with Crippen molar-refractivity contribution >= 4 is 73.2 Å². The van der Waals surface area contributed by atoms with Crippen LogP contribution in [0.1, 0.15) is 22.3 Å². The van der Waals surface area contributed by atoms with E-state index in [1.54, 1.807) is 24.3 Å². The SMILES string of the molecule is Cc1ccccc1Nc1nc(-c2ccc(C=Cc3c(N)cc(-c4nc(Nc5ccccc5C)nc(N(CCO)CCO)n4)cc3S(=O)(=O)[O-])c(S(=O)(=O)[O-])c2)nc(N(CCO)CCO)n1.[Na+].[Na+]. The van der Waals surface area contributed by atoms with Crippen LogP contribution >= 0.6 is 0 Å². The van der Waals surface area contributed by atoms with Crippen molar-refractivity contribution in [2.75, 3.05) is 78.8 Å². The zero-order valence-corrected chi connectivity index (χ0v) is 42.7. The molecular weight excluding hydrogens is 929 g/mol. The number of aliphatic hydroxyl groups excluding tert-OH is 4. The number of nitrogens with one attached hydrogen (secondary N) is 2. The van der Waals surface area contributed by atoms with Crippen LogP contribution in [0.15, 0.2) is 88.7 Å². The molecule has 2 aromatic heterocycles. The molecule has 0 aliphatic carbocycles. The Labute approximate surface area is 431 Å². The molecule has 0 spiro atoms. The van der Waals surface area contributed by atoms with E-state index >= 15 is 0 Å². The Balaban J connectivity index is 0.00000490. The van der Waals surface area contributed by atoms with Crippen LogP contribution in [0.5, 0.6) is 0 Å². The topological polar surface area (TPSA) is 329 Å². The van der Waals surface area contributed by atoms with Gasteiger partial charge in [-0.15, -0.1) is 0 Å². The fourth-order valence-electron chi connectivity index (χ4n) is 6.52. The van der Waals surface area contributed by atoms with Crippen LogP contribution in [-0.2, 0) is 20.2 Å². The summed E-state index contributed by atoms with van der Waals surface area (Å²) >= 11 is 0. The number of aromatic nitrogens is 6. The van der Waals surface area contributed by atoms with E-state index in [0.29, 0.717) is 11.4 Å². The van der Waals surface area contributed by atoms with E-state index in [2.05, 4.69) is 40.5 Å². The maximum absolute atomic E-state index is 12.9. The molecule has 0 saturated heterocycles. The molecule has 6 rings (SSSR count). The fourth-order valence-corrected chi connectivity index (χ4v) is 7.94. The summed E-state index contributed by atoms with van der Waals surface area (Å²) in [7, 11) is -10.6. The third-order valence-corrected chi connectivity index (χ3v) is 11.5. The summed E-state index contributed by atoms with van der Waals surface area (Å²) in [6, 6.07) is 20.5.